The van der Waals surface area contributed by atoms with Crippen molar-refractivity contribution in [1.82, 2.24) is 9.55 Å². The number of aromatic nitrogens is 2. The van der Waals surface area contributed by atoms with E-state index < -0.39 is 19.9 Å². The third-order valence-corrected chi connectivity index (χ3v) is 5.90. The summed E-state index contributed by atoms with van der Waals surface area (Å²) >= 11 is 3.38. The highest BCUT2D eigenvalue weighted by Crippen LogP contribution is 2.29. The lowest BCUT2D eigenvalue weighted by Gasteiger charge is -2.16. The van der Waals surface area contributed by atoms with E-state index in [0.717, 1.165) is 12.1 Å². The number of halogens is 2. The summed E-state index contributed by atoms with van der Waals surface area (Å²) in [7, 11) is 0.104. The zero-order chi connectivity index (χ0) is 18.6. The summed E-state index contributed by atoms with van der Waals surface area (Å²) in [6.45, 7) is 7.84. The Kier molecular flexibility index (Phi) is 6.53. The van der Waals surface area contributed by atoms with Crippen LogP contribution < -0.4 is 0 Å². The van der Waals surface area contributed by atoms with Crippen molar-refractivity contribution in [1.29, 1.82) is 0 Å². The van der Waals surface area contributed by atoms with Gasteiger partial charge in [0.15, 0.2) is 0 Å². The highest BCUT2D eigenvalue weighted by Gasteiger charge is 2.17. The molecule has 0 atom stereocenters. The molecule has 0 bridgehead atoms. The molecule has 0 N–H and O–H groups in total. The van der Waals surface area contributed by atoms with Crippen molar-refractivity contribution in [2.75, 3.05) is 13.7 Å². The van der Waals surface area contributed by atoms with E-state index in [1.807, 2.05) is 0 Å². The molecule has 0 saturated heterocycles. The number of methoxy groups -OCH3 is 1. The van der Waals surface area contributed by atoms with Crippen molar-refractivity contribution in [3.05, 3.63) is 40.5 Å². The second-order valence-electron chi connectivity index (χ2n) is 6.92. The topological polar surface area (TPSA) is 53.3 Å². The first-order chi connectivity index (χ1) is 11.7. The average Bonchev–Trinajstić information content (AvgIpc) is 2.90. The second-order valence-corrected chi connectivity index (χ2v) is 13.3. The van der Waals surface area contributed by atoms with Gasteiger partial charge in [-0.25, -0.2) is 14.2 Å². The minimum absolute atomic E-state index is 0.150. The number of esters is 1. The molecule has 1 heterocycles. The van der Waals surface area contributed by atoms with Crippen molar-refractivity contribution in [2.24, 2.45) is 0 Å². The second kappa shape index (κ2) is 8.24. The molecule has 0 amide bonds. The molecule has 25 heavy (non-hydrogen) atoms. The molecule has 2 aromatic rings. The minimum atomic E-state index is -1.16. The Balaban J connectivity index is 2.24. The van der Waals surface area contributed by atoms with Gasteiger partial charge in [-0.15, -0.1) is 0 Å². The zero-order valence-electron chi connectivity index (χ0n) is 14.8. The van der Waals surface area contributed by atoms with Gasteiger partial charge in [0.1, 0.15) is 17.2 Å². The SMILES string of the molecule is COC(=O)c1cc(F)cc(-c2c(Br)ncn2COCC[Si](C)(C)C)c1. The van der Waals surface area contributed by atoms with E-state index in [1.54, 1.807) is 17.0 Å². The molecule has 0 aliphatic rings. The number of carbonyl (C=O) groups is 1. The van der Waals surface area contributed by atoms with Crippen molar-refractivity contribution >= 4 is 30.0 Å². The number of rotatable bonds is 7. The fourth-order valence-electron chi connectivity index (χ4n) is 2.24. The molecule has 1 aromatic carbocycles. The number of imidazole rings is 1. The fourth-order valence-corrected chi connectivity index (χ4v) is 3.55. The molecule has 0 saturated carbocycles. The van der Waals surface area contributed by atoms with E-state index in [1.165, 1.54) is 13.2 Å². The van der Waals surface area contributed by atoms with Crippen molar-refractivity contribution in [3.8, 4) is 11.3 Å². The monoisotopic (exact) mass is 428 g/mol. The van der Waals surface area contributed by atoms with E-state index in [2.05, 4.69) is 45.3 Å². The molecular formula is C17H22BrFN2O3Si. The molecular weight excluding hydrogens is 407 g/mol. The van der Waals surface area contributed by atoms with Crippen molar-refractivity contribution < 1.29 is 18.7 Å². The zero-order valence-corrected chi connectivity index (χ0v) is 17.4. The lowest BCUT2D eigenvalue weighted by atomic mass is 10.1. The van der Waals surface area contributed by atoms with Crippen molar-refractivity contribution in [2.45, 2.75) is 32.4 Å². The van der Waals surface area contributed by atoms with Gasteiger partial charge in [0.25, 0.3) is 0 Å². The fraction of sp³-hybridized carbons (Fsp3) is 0.412. The number of hydrogen-bond donors (Lipinski definition) is 0. The first kappa shape index (κ1) is 19.8. The molecule has 0 radical (unpaired) electrons. The first-order valence-electron chi connectivity index (χ1n) is 7.89. The summed E-state index contributed by atoms with van der Waals surface area (Å²) < 4.78 is 26.7. The van der Waals surface area contributed by atoms with Gasteiger partial charge in [0.05, 0.1) is 24.7 Å². The normalized spacial score (nSPS) is 11.6. The predicted molar refractivity (Wildman–Crippen MR) is 101 cm³/mol. The number of hydrogen-bond acceptors (Lipinski definition) is 4. The van der Waals surface area contributed by atoms with Gasteiger partial charge in [-0.3, -0.25) is 0 Å². The molecule has 0 aliphatic carbocycles. The predicted octanol–water partition coefficient (Wildman–Crippen LogP) is 4.55. The van der Waals surface area contributed by atoms with Gasteiger partial charge >= 0.3 is 5.97 Å². The summed E-state index contributed by atoms with van der Waals surface area (Å²) in [4.78, 5) is 15.9. The van der Waals surface area contributed by atoms with Gasteiger partial charge in [-0.05, 0) is 40.2 Å². The Morgan fingerprint density at radius 3 is 2.68 bits per heavy atom. The van der Waals surface area contributed by atoms with Gasteiger partial charge in [-0.2, -0.15) is 0 Å². The van der Waals surface area contributed by atoms with Crippen LogP contribution in [0.15, 0.2) is 29.1 Å². The quantitative estimate of drug-likeness (QED) is 0.368. The van der Waals surface area contributed by atoms with Crippen LogP contribution in [-0.2, 0) is 16.2 Å². The van der Waals surface area contributed by atoms with Crippen molar-refractivity contribution in [3.63, 3.8) is 0 Å². The Bertz CT molecular complexity index is 759. The summed E-state index contributed by atoms with van der Waals surface area (Å²) in [5.41, 5.74) is 1.33. The van der Waals surface area contributed by atoms with Gasteiger partial charge in [0.2, 0.25) is 0 Å². The van der Waals surface area contributed by atoms with E-state index in [9.17, 15) is 9.18 Å². The maximum atomic E-state index is 13.9. The van der Waals surface area contributed by atoms with E-state index in [4.69, 9.17) is 4.74 Å². The summed E-state index contributed by atoms with van der Waals surface area (Å²) in [6, 6.07) is 5.14. The largest absolute Gasteiger partial charge is 0.465 e. The smallest absolute Gasteiger partial charge is 0.337 e. The molecule has 0 spiro atoms. The molecule has 8 heteroatoms. The van der Waals surface area contributed by atoms with Crippen LogP contribution in [-0.4, -0.2) is 37.3 Å². The number of benzene rings is 1. The van der Waals surface area contributed by atoms with Crippen LogP contribution in [0.5, 0.6) is 0 Å². The Morgan fingerprint density at radius 2 is 2.04 bits per heavy atom. The average molecular weight is 429 g/mol. The lowest BCUT2D eigenvalue weighted by molar-refractivity contribution is 0.0600. The number of ether oxygens (including phenoxy) is 2. The Labute approximate surface area is 156 Å². The molecule has 0 fully saturated rings. The molecule has 0 aliphatic heterocycles. The summed E-state index contributed by atoms with van der Waals surface area (Å²) in [6.07, 6.45) is 1.62. The van der Waals surface area contributed by atoms with Crippen LogP contribution in [0.3, 0.4) is 0 Å². The Morgan fingerprint density at radius 1 is 1.32 bits per heavy atom. The highest BCUT2D eigenvalue weighted by molar-refractivity contribution is 9.10. The van der Waals surface area contributed by atoms with Crippen LogP contribution in [0.1, 0.15) is 10.4 Å². The van der Waals surface area contributed by atoms with Crippen LogP contribution in [0.2, 0.25) is 25.7 Å². The molecule has 0 unspecified atom stereocenters. The van der Waals surface area contributed by atoms with E-state index in [-0.39, 0.29) is 5.56 Å². The highest BCUT2D eigenvalue weighted by atomic mass is 79.9. The number of nitrogens with zero attached hydrogens (tertiary/aromatic N) is 2. The summed E-state index contributed by atoms with van der Waals surface area (Å²) in [5, 5.41) is 0. The minimum Gasteiger partial charge on any atom is -0.465 e. The van der Waals surface area contributed by atoms with Gasteiger partial charge in [-0.1, -0.05) is 19.6 Å². The molecule has 5 nitrogen and oxygen atoms in total. The Hall–Kier alpha value is -1.51. The van der Waals surface area contributed by atoms with Crippen LogP contribution >= 0.6 is 15.9 Å². The third kappa shape index (κ3) is 5.48. The maximum absolute atomic E-state index is 13.9. The lowest BCUT2D eigenvalue weighted by Crippen LogP contribution is -2.22. The van der Waals surface area contributed by atoms with Gasteiger partial charge < -0.3 is 14.0 Å². The standard InChI is InChI=1S/C17H22BrFN2O3Si/c1-23-17(22)13-7-12(8-14(19)9-13)15-16(18)20-10-21(15)11-24-5-6-25(2,3)4/h7-10H,5-6,11H2,1-4H3. The van der Waals surface area contributed by atoms with E-state index in [0.29, 0.717) is 29.2 Å². The molecule has 136 valence electrons. The van der Waals surface area contributed by atoms with Gasteiger partial charge in [0, 0.05) is 20.2 Å². The first-order valence-corrected chi connectivity index (χ1v) is 12.4. The molecule has 1 aromatic heterocycles. The van der Waals surface area contributed by atoms with Crippen LogP contribution in [0.4, 0.5) is 4.39 Å². The molecule has 2 rings (SSSR count). The number of carbonyl (C=O) groups excluding carboxylic acids is 1. The summed E-state index contributed by atoms with van der Waals surface area (Å²) in [5.74, 6) is -1.11. The van der Waals surface area contributed by atoms with E-state index >= 15 is 0 Å². The third-order valence-electron chi connectivity index (χ3n) is 3.61. The maximum Gasteiger partial charge on any atom is 0.337 e. The van der Waals surface area contributed by atoms with Crippen LogP contribution in [0, 0.1) is 5.82 Å². The van der Waals surface area contributed by atoms with Crippen LogP contribution in [0.25, 0.3) is 11.3 Å².